The van der Waals surface area contributed by atoms with Crippen molar-refractivity contribution in [1.82, 2.24) is 0 Å². The molecule has 1 aliphatic rings. The number of benzene rings is 1. The van der Waals surface area contributed by atoms with Gasteiger partial charge in [-0.3, -0.25) is 4.79 Å². The smallest absolute Gasteiger partial charge is 0.159 e. The Morgan fingerprint density at radius 3 is 2.76 bits per heavy atom. The number of Topliss-reactive ketones (excluding diaryl/α,β-unsaturated/α-hetero) is 1. The van der Waals surface area contributed by atoms with E-state index in [0.29, 0.717) is 17.9 Å². The Morgan fingerprint density at radius 1 is 1.43 bits per heavy atom. The molecule has 4 nitrogen and oxygen atoms in total. The molecule has 0 radical (unpaired) electrons. The lowest BCUT2D eigenvalue weighted by Crippen LogP contribution is -3.14. The Hall–Kier alpha value is -1.39. The Balaban J connectivity index is 1.75. The van der Waals surface area contributed by atoms with Crippen molar-refractivity contribution >= 4 is 5.78 Å². The molecule has 4 heteroatoms. The van der Waals surface area contributed by atoms with Gasteiger partial charge in [0.1, 0.15) is 25.0 Å². The van der Waals surface area contributed by atoms with E-state index in [1.807, 2.05) is 0 Å². The van der Waals surface area contributed by atoms with Crippen LogP contribution in [-0.4, -0.2) is 43.2 Å². The van der Waals surface area contributed by atoms with E-state index in [1.165, 1.54) is 17.7 Å². The monoisotopic (exact) mass is 292 g/mol. The van der Waals surface area contributed by atoms with Crippen molar-refractivity contribution in [2.45, 2.75) is 32.8 Å². The lowest BCUT2D eigenvalue weighted by atomic mass is 10.0. The molecule has 116 valence electrons. The number of aliphatic hydroxyl groups is 1. The quantitative estimate of drug-likeness (QED) is 0.767. The molecule has 0 amide bonds. The number of ketones is 1. The van der Waals surface area contributed by atoms with E-state index in [4.69, 9.17) is 4.74 Å². The summed E-state index contributed by atoms with van der Waals surface area (Å²) in [5.41, 5.74) is 0.676. The second kappa shape index (κ2) is 7.57. The highest BCUT2D eigenvalue weighted by Gasteiger charge is 2.22. The van der Waals surface area contributed by atoms with E-state index >= 15 is 0 Å². The largest absolute Gasteiger partial charge is 0.491 e. The molecular formula is C17H26NO3+. The fourth-order valence-electron chi connectivity index (χ4n) is 2.95. The fourth-order valence-corrected chi connectivity index (χ4v) is 2.95. The van der Waals surface area contributed by atoms with Gasteiger partial charge >= 0.3 is 0 Å². The van der Waals surface area contributed by atoms with Gasteiger partial charge in [0.05, 0.1) is 13.1 Å². The van der Waals surface area contributed by atoms with Crippen LogP contribution in [-0.2, 0) is 0 Å². The third-order valence-corrected chi connectivity index (χ3v) is 4.09. The molecular weight excluding hydrogens is 266 g/mol. The predicted octanol–water partition coefficient (Wildman–Crippen LogP) is 0.944. The van der Waals surface area contributed by atoms with E-state index in [9.17, 15) is 9.90 Å². The Morgan fingerprint density at radius 2 is 2.14 bits per heavy atom. The predicted molar refractivity (Wildman–Crippen MR) is 81.9 cm³/mol. The minimum atomic E-state index is -0.446. The second-order valence-corrected chi connectivity index (χ2v) is 6.20. The van der Waals surface area contributed by atoms with Gasteiger partial charge in [0.2, 0.25) is 0 Å². The summed E-state index contributed by atoms with van der Waals surface area (Å²) in [5, 5.41) is 10.1. The maximum Gasteiger partial charge on any atom is 0.159 e. The second-order valence-electron chi connectivity index (χ2n) is 6.20. The van der Waals surface area contributed by atoms with Crippen LogP contribution in [0.1, 0.15) is 37.0 Å². The zero-order chi connectivity index (χ0) is 15.2. The van der Waals surface area contributed by atoms with Gasteiger partial charge in [-0.2, -0.15) is 0 Å². The number of carbonyl (C=O) groups is 1. The van der Waals surface area contributed by atoms with Gasteiger partial charge in [-0.25, -0.2) is 0 Å². The van der Waals surface area contributed by atoms with Crippen molar-refractivity contribution in [3.63, 3.8) is 0 Å². The van der Waals surface area contributed by atoms with Crippen LogP contribution < -0.4 is 9.64 Å². The summed E-state index contributed by atoms with van der Waals surface area (Å²) < 4.78 is 5.60. The summed E-state index contributed by atoms with van der Waals surface area (Å²) in [4.78, 5) is 12.7. The highest BCUT2D eigenvalue weighted by molar-refractivity contribution is 5.94. The van der Waals surface area contributed by atoms with Crippen LogP contribution in [0.2, 0.25) is 0 Å². The van der Waals surface area contributed by atoms with Gasteiger partial charge < -0.3 is 14.7 Å². The van der Waals surface area contributed by atoms with Crippen molar-refractivity contribution in [3.05, 3.63) is 29.8 Å². The molecule has 1 heterocycles. The van der Waals surface area contributed by atoms with Crippen LogP contribution in [0.25, 0.3) is 0 Å². The first kappa shape index (κ1) is 16.0. The highest BCUT2D eigenvalue weighted by Crippen LogP contribution is 2.12. The summed E-state index contributed by atoms with van der Waals surface area (Å²) in [5.74, 6) is 1.49. The minimum absolute atomic E-state index is 0.0457. The van der Waals surface area contributed by atoms with Crippen LogP contribution in [0.5, 0.6) is 5.75 Å². The molecule has 0 aliphatic carbocycles. The number of rotatable bonds is 6. The van der Waals surface area contributed by atoms with E-state index in [1.54, 1.807) is 31.2 Å². The maximum absolute atomic E-state index is 11.2. The lowest BCUT2D eigenvalue weighted by molar-refractivity contribution is -0.911. The van der Waals surface area contributed by atoms with Crippen molar-refractivity contribution in [2.75, 3.05) is 26.2 Å². The van der Waals surface area contributed by atoms with Crippen LogP contribution in [0.4, 0.5) is 0 Å². The first-order chi connectivity index (χ1) is 10.0. The Kier molecular flexibility index (Phi) is 5.76. The number of piperidine rings is 1. The maximum atomic E-state index is 11.2. The van der Waals surface area contributed by atoms with Gasteiger partial charge in [-0.05, 0) is 44.0 Å². The van der Waals surface area contributed by atoms with Crippen LogP contribution in [0.3, 0.4) is 0 Å². The molecule has 1 aromatic rings. The standard InChI is InChI=1S/C17H25NO3/c1-13-4-3-9-18(10-13)11-16(20)12-21-17-7-5-15(6-8-17)14(2)19/h5-8,13,16,20H,3-4,9-12H2,1-2H3/p+1/t13-,16-/m0/s1. The summed E-state index contributed by atoms with van der Waals surface area (Å²) in [6, 6.07) is 7.06. The number of ether oxygens (including phenoxy) is 1. The van der Waals surface area contributed by atoms with Gasteiger partial charge in [-0.15, -0.1) is 0 Å². The molecule has 0 saturated carbocycles. The van der Waals surface area contributed by atoms with Crippen molar-refractivity contribution in [2.24, 2.45) is 5.92 Å². The number of quaternary nitrogens is 1. The molecule has 0 spiro atoms. The first-order valence-corrected chi connectivity index (χ1v) is 7.80. The van der Waals surface area contributed by atoms with Gasteiger partial charge in [0.25, 0.3) is 0 Å². The molecule has 21 heavy (non-hydrogen) atoms. The third-order valence-electron chi connectivity index (χ3n) is 4.09. The average Bonchev–Trinajstić information content (AvgIpc) is 2.45. The highest BCUT2D eigenvalue weighted by atomic mass is 16.5. The molecule has 3 atom stereocenters. The van der Waals surface area contributed by atoms with Crippen molar-refractivity contribution < 1.29 is 19.5 Å². The molecule has 2 rings (SSSR count). The number of aliphatic hydroxyl groups excluding tert-OH is 1. The molecule has 0 aromatic heterocycles. The number of carbonyl (C=O) groups excluding carboxylic acids is 1. The molecule has 1 aliphatic heterocycles. The normalized spacial score (nSPS) is 23.6. The van der Waals surface area contributed by atoms with Gasteiger partial charge in [-0.1, -0.05) is 6.92 Å². The SMILES string of the molecule is CC(=O)c1ccc(OC[C@@H](O)C[NH+]2CCC[C@H](C)C2)cc1. The Labute approximate surface area is 126 Å². The van der Waals surface area contributed by atoms with Gasteiger partial charge in [0, 0.05) is 11.5 Å². The Bertz CT molecular complexity index is 458. The molecule has 1 fully saturated rings. The topological polar surface area (TPSA) is 51.0 Å². The number of nitrogens with one attached hydrogen (secondary N) is 1. The average molecular weight is 292 g/mol. The molecule has 1 saturated heterocycles. The zero-order valence-corrected chi connectivity index (χ0v) is 13.0. The summed E-state index contributed by atoms with van der Waals surface area (Å²) >= 11 is 0. The van der Waals surface area contributed by atoms with E-state index in [2.05, 4.69) is 6.92 Å². The van der Waals surface area contributed by atoms with Gasteiger partial charge in [0.15, 0.2) is 5.78 Å². The number of likely N-dealkylation sites (tertiary alicyclic amines) is 1. The molecule has 1 unspecified atom stereocenters. The fraction of sp³-hybridized carbons (Fsp3) is 0.588. The van der Waals surface area contributed by atoms with E-state index in [0.717, 1.165) is 25.6 Å². The minimum Gasteiger partial charge on any atom is -0.491 e. The van der Waals surface area contributed by atoms with E-state index < -0.39 is 6.10 Å². The molecule has 2 N–H and O–H groups in total. The van der Waals surface area contributed by atoms with E-state index in [-0.39, 0.29) is 5.78 Å². The molecule has 0 bridgehead atoms. The number of hydrogen-bond donors (Lipinski definition) is 2. The summed E-state index contributed by atoms with van der Waals surface area (Å²) in [6.07, 6.45) is 2.10. The lowest BCUT2D eigenvalue weighted by Gasteiger charge is -2.29. The first-order valence-electron chi connectivity index (χ1n) is 7.80. The van der Waals surface area contributed by atoms with Crippen molar-refractivity contribution in [3.8, 4) is 5.75 Å². The van der Waals surface area contributed by atoms with Crippen molar-refractivity contribution in [1.29, 1.82) is 0 Å². The van der Waals surface area contributed by atoms with Crippen LogP contribution in [0.15, 0.2) is 24.3 Å². The summed E-state index contributed by atoms with van der Waals surface area (Å²) in [7, 11) is 0. The number of hydrogen-bond acceptors (Lipinski definition) is 3. The van der Waals surface area contributed by atoms with Crippen LogP contribution >= 0.6 is 0 Å². The zero-order valence-electron chi connectivity index (χ0n) is 13.0. The third kappa shape index (κ3) is 5.14. The van der Waals surface area contributed by atoms with Crippen LogP contribution in [0, 0.1) is 5.92 Å². The summed E-state index contributed by atoms with van der Waals surface area (Å²) in [6.45, 7) is 7.16. The molecule has 1 aromatic carbocycles.